The van der Waals surface area contributed by atoms with E-state index in [0.717, 1.165) is 62.0 Å². The third kappa shape index (κ3) is 51.9. The Morgan fingerprint density at radius 2 is 0.531 bits per heavy atom. The van der Waals surface area contributed by atoms with Gasteiger partial charge in [0, 0.05) is 22.7 Å². The molecule has 0 saturated heterocycles. The molecule has 0 spiro atoms. The van der Waals surface area contributed by atoms with Crippen molar-refractivity contribution in [1.29, 1.82) is 0 Å². The summed E-state index contributed by atoms with van der Waals surface area (Å²) < 4.78 is 0. The molecule has 0 aliphatic rings. The van der Waals surface area contributed by atoms with Gasteiger partial charge in [-0.25, -0.2) is 0 Å². The van der Waals surface area contributed by atoms with Crippen LogP contribution in [0.15, 0.2) is 82.8 Å². The standard InChI is InChI=1S/C78H136N2.Ni/c1-4-7-10-12-14-16-18-20-22-24-26-28-30-32-34-36-38-40-42-44-46-48-50-52-54-56-58-60-66-74-68-62-64-71-77(74)79-73-76(70-9-6-3)80-78-72-65-63-69-75(78)67-61-59-57-55-53-51-49-47-45-43-41-39-37-35-33-31-29-27-25-23-21-19-17-15-13-11-8-5-2;/h56-59,62-65,68-69,71-73H,4-55,60-61,66-67,70H2,1-3H3;. The molecule has 0 aromatic heterocycles. The van der Waals surface area contributed by atoms with E-state index in [1.165, 1.54) is 332 Å². The molecule has 2 nitrogen and oxygen atoms in total. The smallest absolute Gasteiger partial charge is 0.0665 e. The molecule has 0 amide bonds. The summed E-state index contributed by atoms with van der Waals surface area (Å²) in [6.45, 7) is 6.89. The van der Waals surface area contributed by atoms with Crippen molar-refractivity contribution in [2.75, 3.05) is 0 Å². The van der Waals surface area contributed by atoms with Crippen molar-refractivity contribution in [2.24, 2.45) is 9.98 Å². The summed E-state index contributed by atoms with van der Waals surface area (Å²) >= 11 is 0. The Hall–Kier alpha value is -2.25. The monoisotopic (exact) mass is 1160 g/mol. The Labute approximate surface area is 517 Å². The minimum absolute atomic E-state index is 0. The van der Waals surface area contributed by atoms with Gasteiger partial charge in [-0.3, -0.25) is 9.98 Å². The molecule has 0 atom stereocenters. The molecule has 81 heavy (non-hydrogen) atoms. The molecule has 0 aliphatic carbocycles. The predicted molar refractivity (Wildman–Crippen MR) is 365 cm³/mol. The van der Waals surface area contributed by atoms with Crippen molar-refractivity contribution >= 4 is 23.3 Å². The van der Waals surface area contributed by atoms with Gasteiger partial charge in [0.2, 0.25) is 0 Å². The molecule has 3 heteroatoms. The van der Waals surface area contributed by atoms with Gasteiger partial charge in [-0.1, -0.05) is 383 Å². The minimum atomic E-state index is 0. The molecule has 2 aromatic rings. The molecule has 0 radical (unpaired) electrons. The number of aliphatic imine (C=N–C) groups is 2. The molecule has 0 bridgehead atoms. The van der Waals surface area contributed by atoms with Crippen molar-refractivity contribution in [3.63, 3.8) is 0 Å². The Morgan fingerprint density at radius 1 is 0.284 bits per heavy atom. The molecule has 0 fully saturated rings. The van der Waals surface area contributed by atoms with E-state index in [-0.39, 0.29) is 16.5 Å². The molecule has 2 aromatic carbocycles. The van der Waals surface area contributed by atoms with Gasteiger partial charge < -0.3 is 0 Å². The summed E-state index contributed by atoms with van der Waals surface area (Å²) in [5.41, 5.74) is 5.96. The van der Waals surface area contributed by atoms with E-state index in [2.05, 4.69) is 99.8 Å². The van der Waals surface area contributed by atoms with Gasteiger partial charge in [0.1, 0.15) is 0 Å². The fourth-order valence-corrected chi connectivity index (χ4v) is 11.9. The van der Waals surface area contributed by atoms with Crippen LogP contribution >= 0.6 is 0 Å². The molecule has 468 valence electrons. The van der Waals surface area contributed by atoms with Gasteiger partial charge in [-0.15, -0.1) is 0 Å². The predicted octanol–water partition coefficient (Wildman–Crippen LogP) is 27.9. The number of hydrogen-bond donors (Lipinski definition) is 0. The number of hydrogen-bond acceptors (Lipinski definition) is 2. The fourth-order valence-electron chi connectivity index (χ4n) is 11.9. The summed E-state index contributed by atoms with van der Waals surface area (Å²) in [6.07, 6.45) is 91.1. The Morgan fingerprint density at radius 3 is 0.840 bits per heavy atom. The number of allylic oxidation sites excluding steroid dienone is 4. The maximum atomic E-state index is 5.26. The fraction of sp³-hybridized carbons (Fsp3) is 0.769. The molecule has 2 rings (SSSR count). The zero-order chi connectivity index (χ0) is 56.8. The van der Waals surface area contributed by atoms with Gasteiger partial charge in [-0.05, 0) is 87.5 Å². The van der Waals surface area contributed by atoms with Crippen LogP contribution in [-0.4, -0.2) is 11.9 Å². The summed E-state index contributed by atoms with van der Waals surface area (Å²) in [5.74, 6) is 0. The summed E-state index contributed by atoms with van der Waals surface area (Å²) in [7, 11) is 0. The quantitative estimate of drug-likeness (QED) is 0.0273. The maximum Gasteiger partial charge on any atom is 0.0665 e. The number of rotatable bonds is 62. The molecule has 0 unspecified atom stereocenters. The van der Waals surface area contributed by atoms with E-state index in [4.69, 9.17) is 9.98 Å². The minimum Gasteiger partial charge on any atom is -0.255 e. The average molecular weight is 1160 g/mol. The summed E-state index contributed by atoms with van der Waals surface area (Å²) in [4.78, 5) is 10.3. The van der Waals surface area contributed by atoms with Crippen LogP contribution in [0.1, 0.15) is 385 Å². The molecule has 0 N–H and O–H groups in total. The third-order valence-electron chi connectivity index (χ3n) is 17.3. The third-order valence-corrected chi connectivity index (χ3v) is 17.3. The Balaban J connectivity index is 0.0000328. The molecular weight excluding hydrogens is 1020 g/mol. The van der Waals surface area contributed by atoms with Crippen LogP contribution in [0.2, 0.25) is 0 Å². The van der Waals surface area contributed by atoms with E-state index in [1.54, 1.807) is 0 Å². The molecule has 0 heterocycles. The summed E-state index contributed by atoms with van der Waals surface area (Å²) in [5, 5.41) is 0. The van der Waals surface area contributed by atoms with E-state index >= 15 is 0 Å². The van der Waals surface area contributed by atoms with Crippen LogP contribution in [0.4, 0.5) is 11.4 Å². The van der Waals surface area contributed by atoms with E-state index in [1.807, 2.05) is 0 Å². The second kappa shape index (κ2) is 63.8. The average Bonchev–Trinajstić information content (AvgIpc) is 3.48. The first-order valence-corrected chi connectivity index (χ1v) is 36.4. The topological polar surface area (TPSA) is 24.7 Å². The van der Waals surface area contributed by atoms with E-state index < -0.39 is 0 Å². The second-order valence-corrected chi connectivity index (χ2v) is 25.1. The van der Waals surface area contributed by atoms with Crippen molar-refractivity contribution in [3.8, 4) is 0 Å². The van der Waals surface area contributed by atoms with Gasteiger partial charge in [0.15, 0.2) is 0 Å². The van der Waals surface area contributed by atoms with Gasteiger partial charge in [0.25, 0.3) is 0 Å². The maximum absolute atomic E-state index is 5.26. The molecule has 0 aliphatic heterocycles. The van der Waals surface area contributed by atoms with Gasteiger partial charge in [-0.2, -0.15) is 0 Å². The normalized spacial score (nSPS) is 12.1. The van der Waals surface area contributed by atoms with Crippen LogP contribution in [0.25, 0.3) is 0 Å². The first-order chi connectivity index (χ1) is 39.8. The number of para-hydroxylation sites is 2. The first-order valence-electron chi connectivity index (χ1n) is 36.4. The number of aryl methyl sites for hydroxylation is 2. The van der Waals surface area contributed by atoms with Crippen molar-refractivity contribution < 1.29 is 16.5 Å². The molecule has 0 saturated carbocycles. The van der Waals surface area contributed by atoms with Gasteiger partial charge >= 0.3 is 0 Å². The number of unbranched alkanes of at least 4 members (excludes halogenated alkanes) is 49. The number of nitrogens with zero attached hydrogens (tertiary/aromatic N) is 2. The zero-order valence-electron chi connectivity index (χ0n) is 54.5. The SMILES string of the molecule is CCCCCCCCCCCCCCCCCCCCCCCCCCC=CCCc1ccccc1N=CC(CCCC)=Nc1ccccc1CCC=CCCCCCCCCCCCCCCCCCCCCCCCCCC.[Ni]. The van der Waals surface area contributed by atoms with E-state index in [0.29, 0.717) is 0 Å². The summed E-state index contributed by atoms with van der Waals surface area (Å²) in [6, 6.07) is 17.5. The van der Waals surface area contributed by atoms with Crippen LogP contribution in [0.5, 0.6) is 0 Å². The Kier molecular flexibility index (Phi) is 60.4. The van der Waals surface area contributed by atoms with Crippen LogP contribution in [-0.2, 0) is 29.3 Å². The second-order valence-electron chi connectivity index (χ2n) is 25.1. The van der Waals surface area contributed by atoms with Crippen LogP contribution < -0.4 is 0 Å². The van der Waals surface area contributed by atoms with Crippen molar-refractivity contribution in [3.05, 3.63) is 84.0 Å². The van der Waals surface area contributed by atoms with Crippen molar-refractivity contribution in [1.82, 2.24) is 0 Å². The number of benzene rings is 2. The van der Waals surface area contributed by atoms with Crippen molar-refractivity contribution in [2.45, 2.75) is 387 Å². The first kappa shape index (κ1) is 76.8. The van der Waals surface area contributed by atoms with E-state index in [9.17, 15) is 0 Å². The van der Waals surface area contributed by atoms with Gasteiger partial charge in [0.05, 0.1) is 17.1 Å². The molecular formula is C78H136N2Ni. The van der Waals surface area contributed by atoms with Crippen LogP contribution in [0.3, 0.4) is 0 Å². The Bertz CT molecular complexity index is 1690. The largest absolute Gasteiger partial charge is 0.255 e. The zero-order valence-corrected chi connectivity index (χ0v) is 55.5. The van der Waals surface area contributed by atoms with Crippen LogP contribution in [0, 0.1) is 0 Å².